The smallest absolute Gasteiger partial charge is 0.220 e. The Kier molecular flexibility index (Phi) is 9.68. The summed E-state index contributed by atoms with van der Waals surface area (Å²) in [6, 6.07) is 1.57. The first kappa shape index (κ1) is 22.6. The predicted octanol–water partition coefficient (Wildman–Crippen LogP) is 0.141. The number of rotatable bonds is 11. The minimum Gasteiger partial charge on any atom is -0.382 e. The third-order valence-electron chi connectivity index (χ3n) is 4.40. The lowest BCUT2D eigenvalue weighted by Gasteiger charge is -2.35. The normalized spacial score (nSPS) is 16.5. The monoisotopic (exact) mass is 417 g/mol. The van der Waals surface area contributed by atoms with Gasteiger partial charge in [0.05, 0.1) is 18.9 Å². The summed E-state index contributed by atoms with van der Waals surface area (Å²) in [5.41, 5.74) is 0.422. The van der Waals surface area contributed by atoms with Crippen LogP contribution >= 0.6 is 0 Å². The number of sulfonamides is 1. The van der Waals surface area contributed by atoms with E-state index in [-0.39, 0.29) is 5.75 Å². The second-order valence-electron chi connectivity index (χ2n) is 6.42. The van der Waals surface area contributed by atoms with Crippen molar-refractivity contribution >= 4 is 16.0 Å². The zero-order chi connectivity index (χ0) is 20.2. The zero-order valence-corrected chi connectivity index (χ0v) is 17.5. The molecule has 1 N–H and O–H groups in total. The second kappa shape index (κ2) is 12.0. The molecular weight excluding hydrogens is 386 g/mol. The number of hydrogen-bond donors (Lipinski definition) is 1. The molecule has 1 aliphatic heterocycles. The molecule has 0 bridgehead atoms. The molecule has 0 spiro atoms. The van der Waals surface area contributed by atoms with E-state index in [0.717, 1.165) is 25.3 Å². The first-order chi connectivity index (χ1) is 13.6. The van der Waals surface area contributed by atoms with Gasteiger partial charge in [0.15, 0.2) is 5.96 Å². The van der Waals surface area contributed by atoms with Crippen LogP contribution in [0.25, 0.3) is 0 Å². The topological polar surface area (TPSA) is 110 Å². The van der Waals surface area contributed by atoms with E-state index in [2.05, 4.69) is 20.4 Å². The van der Waals surface area contributed by atoms with E-state index >= 15 is 0 Å². The average Bonchev–Trinajstić information content (AvgIpc) is 3.19. The highest BCUT2D eigenvalue weighted by molar-refractivity contribution is 7.88. The molecule has 0 amide bonds. The molecule has 1 fully saturated rings. The number of aliphatic imine (C=N–C) groups is 1. The van der Waals surface area contributed by atoms with Crippen molar-refractivity contribution in [3.05, 3.63) is 18.0 Å². The standard InChI is InChI=1S/C17H31N5O5S/c1-18-17(19-6-3-4-11-26-14-13-25-2)21-7-9-22(10-8-21)28(23,24)15-16-5-12-27-20-16/h5,12H,3-4,6-11,13-15H2,1-2H3,(H,18,19). The molecule has 0 saturated carbocycles. The summed E-state index contributed by atoms with van der Waals surface area (Å²) in [5, 5.41) is 7.02. The Labute approximate surface area is 166 Å². The van der Waals surface area contributed by atoms with Gasteiger partial charge in [-0.3, -0.25) is 4.99 Å². The fourth-order valence-electron chi connectivity index (χ4n) is 2.87. The summed E-state index contributed by atoms with van der Waals surface area (Å²) in [5.74, 6) is 0.664. The summed E-state index contributed by atoms with van der Waals surface area (Å²) in [7, 11) is 0.00244. The molecule has 0 unspecified atom stereocenters. The van der Waals surface area contributed by atoms with Crippen molar-refractivity contribution in [3.8, 4) is 0 Å². The van der Waals surface area contributed by atoms with Gasteiger partial charge in [-0.15, -0.1) is 0 Å². The summed E-state index contributed by atoms with van der Waals surface area (Å²) in [4.78, 5) is 6.39. The summed E-state index contributed by atoms with van der Waals surface area (Å²) in [6.45, 7) is 4.79. The first-order valence-corrected chi connectivity index (χ1v) is 11.1. The highest BCUT2D eigenvalue weighted by Crippen LogP contribution is 2.12. The first-order valence-electron chi connectivity index (χ1n) is 9.46. The molecule has 2 rings (SSSR count). The van der Waals surface area contributed by atoms with E-state index in [9.17, 15) is 8.42 Å². The van der Waals surface area contributed by atoms with Gasteiger partial charge in [0.2, 0.25) is 10.0 Å². The van der Waals surface area contributed by atoms with Crippen molar-refractivity contribution in [3.63, 3.8) is 0 Å². The van der Waals surface area contributed by atoms with Crippen LogP contribution in [0.2, 0.25) is 0 Å². The third kappa shape index (κ3) is 7.38. The number of aromatic nitrogens is 1. The molecule has 1 saturated heterocycles. The van der Waals surface area contributed by atoms with Crippen molar-refractivity contribution < 1.29 is 22.4 Å². The fourth-order valence-corrected chi connectivity index (χ4v) is 4.30. The van der Waals surface area contributed by atoms with E-state index in [1.54, 1.807) is 20.2 Å². The van der Waals surface area contributed by atoms with E-state index < -0.39 is 10.0 Å². The van der Waals surface area contributed by atoms with Gasteiger partial charge < -0.3 is 24.2 Å². The Morgan fingerprint density at radius 1 is 1.25 bits per heavy atom. The number of piperazine rings is 1. The van der Waals surface area contributed by atoms with E-state index in [4.69, 9.17) is 14.0 Å². The van der Waals surface area contributed by atoms with Crippen LogP contribution in [0.3, 0.4) is 0 Å². The van der Waals surface area contributed by atoms with Crippen molar-refractivity contribution in [1.29, 1.82) is 0 Å². The number of hydrogen-bond acceptors (Lipinski definition) is 7. The van der Waals surface area contributed by atoms with Crippen LogP contribution in [0.4, 0.5) is 0 Å². The molecule has 28 heavy (non-hydrogen) atoms. The second-order valence-corrected chi connectivity index (χ2v) is 8.39. The van der Waals surface area contributed by atoms with Gasteiger partial charge >= 0.3 is 0 Å². The molecule has 0 aromatic carbocycles. The molecule has 11 heteroatoms. The number of guanidine groups is 1. The number of nitrogens with zero attached hydrogens (tertiary/aromatic N) is 4. The van der Waals surface area contributed by atoms with Gasteiger partial charge in [0.1, 0.15) is 12.0 Å². The molecule has 1 aliphatic rings. The van der Waals surface area contributed by atoms with Gasteiger partial charge in [0.25, 0.3) is 0 Å². The van der Waals surface area contributed by atoms with Gasteiger partial charge in [0, 0.05) is 59.6 Å². The zero-order valence-electron chi connectivity index (χ0n) is 16.7. The van der Waals surface area contributed by atoms with Crippen molar-refractivity contribution in [2.45, 2.75) is 18.6 Å². The van der Waals surface area contributed by atoms with Crippen LogP contribution in [0.5, 0.6) is 0 Å². The molecule has 10 nitrogen and oxygen atoms in total. The number of nitrogens with one attached hydrogen (secondary N) is 1. The predicted molar refractivity (Wildman–Crippen MR) is 106 cm³/mol. The molecule has 1 aromatic heterocycles. The molecule has 160 valence electrons. The Balaban J connectivity index is 1.67. The maximum atomic E-state index is 12.5. The Morgan fingerprint density at radius 2 is 2.04 bits per heavy atom. The van der Waals surface area contributed by atoms with Crippen molar-refractivity contribution in [2.75, 3.05) is 66.7 Å². The van der Waals surface area contributed by atoms with Gasteiger partial charge in [-0.25, -0.2) is 8.42 Å². The molecule has 0 atom stereocenters. The summed E-state index contributed by atoms with van der Waals surface area (Å²) in [6.07, 6.45) is 3.31. The Hall–Kier alpha value is -1.69. The SMILES string of the molecule is CN=C(NCCCCOCCOC)N1CCN(S(=O)(=O)Cc2ccon2)CC1. The number of unbranched alkanes of at least 4 members (excludes halogenated alkanes) is 1. The molecule has 0 radical (unpaired) electrons. The summed E-state index contributed by atoms with van der Waals surface area (Å²) < 4.78 is 41.6. The Morgan fingerprint density at radius 3 is 2.68 bits per heavy atom. The largest absolute Gasteiger partial charge is 0.382 e. The Bertz CT molecular complexity index is 672. The molecule has 1 aromatic rings. The van der Waals surface area contributed by atoms with Crippen LogP contribution in [0, 0.1) is 0 Å². The van der Waals surface area contributed by atoms with Gasteiger partial charge in [-0.1, -0.05) is 5.16 Å². The van der Waals surface area contributed by atoms with Crippen molar-refractivity contribution in [2.24, 2.45) is 4.99 Å². The fraction of sp³-hybridized carbons (Fsp3) is 0.765. The van der Waals surface area contributed by atoms with E-state index in [0.29, 0.717) is 51.7 Å². The molecular formula is C17H31N5O5S. The third-order valence-corrected chi connectivity index (χ3v) is 6.21. The molecule has 0 aliphatic carbocycles. The van der Waals surface area contributed by atoms with Crippen LogP contribution in [-0.4, -0.2) is 95.4 Å². The maximum absolute atomic E-state index is 12.5. The highest BCUT2D eigenvalue weighted by Gasteiger charge is 2.28. The van der Waals surface area contributed by atoms with Gasteiger partial charge in [-0.05, 0) is 12.8 Å². The van der Waals surface area contributed by atoms with Crippen molar-refractivity contribution in [1.82, 2.24) is 19.7 Å². The van der Waals surface area contributed by atoms with Crippen LogP contribution < -0.4 is 5.32 Å². The summed E-state index contributed by atoms with van der Waals surface area (Å²) >= 11 is 0. The highest BCUT2D eigenvalue weighted by atomic mass is 32.2. The van der Waals surface area contributed by atoms with E-state index in [1.165, 1.54) is 10.6 Å². The minimum atomic E-state index is -3.40. The quantitative estimate of drug-likeness (QED) is 0.308. The average molecular weight is 418 g/mol. The lowest BCUT2D eigenvalue weighted by molar-refractivity contribution is 0.0689. The lowest BCUT2D eigenvalue weighted by Crippen LogP contribution is -2.54. The lowest BCUT2D eigenvalue weighted by atomic mass is 10.3. The number of methoxy groups -OCH3 is 1. The maximum Gasteiger partial charge on any atom is 0.220 e. The number of ether oxygens (including phenoxy) is 2. The molecule has 2 heterocycles. The minimum absolute atomic E-state index is 0.136. The van der Waals surface area contributed by atoms with Crippen LogP contribution in [0.1, 0.15) is 18.5 Å². The van der Waals surface area contributed by atoms with Crippen LogP contribution in [0.15, 0.2) is 21.8 Å². The van der Waals surface area contributed by atoms with E-state index in [1.807, 2.05) is 0 Å². The van der Waals surface area contributed by atoms with Gasteiger partial charge in [-0.2, -0.15) is 4.31 Å². The van der Waals surface area contributed by atoms with Crippen LogP contribution in [-0.2, 0) is 25.2 Å².